The number of rotatable bonds is 11. The minimum Gasteiger partial charge on any atom is -0.479 e. The molecule has 1 aromatic rings. The van der Waals surface area contributed by atoms with Gasteiger partial charge < -0.3 is 20.9 Å². The van der Waals surface area contributed by atoms with Gasteiger partial charge in [0.05, 0.1) is 18.8 Å². The van der Waals surface area contributed by atoms with Gasteiger partial charge in [-0.1, -0.05) is 0 Å². The third-order valence-corrected chi connectivity index (χ3v) is 6.27. The molecule has 1 fully saturated rings. The number of aliphatic carboxylic acids is 1. The summed E-state index contributed by atoms with van der Waals surface area (Å²) in [6, 6.07) is -4.13. The number of carbonyl (C=O) groups is 4. The first-order valence-electron chi connectivity index (χ1n) is 9.24. The van der Waals surface area contributed by atoms with E-state index in [0.29, 0.717) is 0 Å². The van der Waals surface area contributed by atoms with Gasteiger partial charge in [0, 0.05) is 11.8 Å². The number of carboxylic acids is 1. The number of carbonyl (C=O) groups excluding carboxylic acids is 3. The van der Waals surface area contributed by atoms with Crippen molar-refractivity contribution < 1.29 is 46.8 Å². The predicted octanol–water partition coefficient (Wildman–Crippen LogP) is -1.40. The fourth-order valence-electron chi connectivity index (χ4n) is 2.78. The van der Waals surface area contributed by atoms with Crippen LogP contribution in [0, 0.1) is 0 Å². The number of thiazole rings is 1. The molecule has 0 radical (unpaired) electrons. The molecule has 0 saturated carbocycles. The monoisotopic (exact) mass is 509 g/mol. The SMILES string of the molecule is COC(=O)CC[C@H]1[C@@H](NC(=O)C(NOC(C)(C)C(=O)O)c2csc(N)n2)C(=O)N1S(=O)(=O)O. The molecule has 1 aliphatic rings. The van der Waals surface area contributed by atoms with Crippen LogP contribution in [0.1, 0.15) is 38.4 Å². The maximum atomic E-state index is 12.9. The van der Waals surface area contributed by atoms with Crippen molar-refractivity contribution in [1.82, 2.24) is 20.1 Å². The van der Waals surface area contributed by atoms with Crippen LogP contribution in [-0.4, -0.2) is 75.9 Å². The number of hydrogen-bond acceptors (Lipinski definition) is 12. The van der Waals surface area contributed by atoms with Crippen LogP contribution in [0.3, 0.4) is 0 Å². The Morgan fingerprint density at radius 2 is 2.03 bits per heavy atom. The van der Waals surface area contributed by atoms with Gasteiger partial charge in [0.2, 0.25) is 5.91 Å². The van der Waals surface area contributed by atoms with Crippen LogP contribution in [0.4, 0.5) is 5.13 Å². The molecule has 6 N–H and O–H groups in total. The van der Waals surface area contributed by atoms with Crippen LogP contribution < -0.4 is 16.5 Å². The number of carboxylic acid groups (broad SMARTS) is 1. The van der Waals surface area contributed by atoms with E-state index in [4.69, 9.17) is 10.6 Å². The Labute approximate surface area is 192 Å². The molecule has 2 rings (SSSR count). The van der Waals surface area contributed by atoms with E-state index in [9.17, 15) is 37.3 Å². The van der Waals surface area contributed by atoms with Crippen molar-refractivity contribution >= 4 is 50.5 Å². The van der Waals surface area contributed by atoms with Crippen molar-refractivity contribution in [2.24, 2.45) is 0 Å². The fourth-order valence-corrected chi connectivity index (χ4v) is 4.28. The van der Waals surface area contributed by atoms with Gasteiger partial charge in [0.15, 0.2) is 16.8 Å². The van der Waals surface area contributed by atoms with Crippen LogP contribution in [0.25, 0.3) is 0 Å². The number of methoxy groups -OCH3 is 1. The summed E-state index contributed by atoms with van der Waals surface area (Å²) in [4.78, 5) is 57.0. The van der Waals surface area contributed by atoms with Gasteiger partial charge in [-0.05, 0) is 20.3 Å². The van der Waals surface area contributed by atoms with Crippen LogP contribution in [0.5, 0.6) is 0 Å². The second-order valence-electron chi connectivity index (χ2n) is 7.36. The summed E-state index contributed by atoms with van der Waals surface area (Å²) in [7, 11) is -3.83. The number of anilines is 1. The third-order valence-electron chi connectivity index (χ3n) is 4.63. The zero-order valence-corrected chi connectivity index (χ0v) is 19.3. The number of nitrogens with one attached hydrogen (secondary N) is 2. The lowest BCUT2D eigenvalue weighted by Gasteiger charge is -2.44. The average Bonchev–Trinajstić information content (AvgIpc) is 3.13. The highest BCUT2D eigenvalue weighted by atomic mass is 32.2. The van der Waals surface area contributed by atoms with Gasteiger partial charge in [0.1, 0.15) is 6.04 Å². The normalized spacial score (nSPS) is 19.5. The number of nitrogens with two attached hydrogens (primary N) is 1. The first-order chi connectivity index (χ1) is 15.2. The summed E-state index contributed by atoms with van der Waals surface area (Å²) in [5, 5.41) is 13.0. The molecule has 1 unspecified atom stereocenters. The smallest absolute Gasteiger partial charge is 0.362 e. The quantitative estimate of drug-likeness (QED) is 0.100. The number of hydrogen-bond donors (Lipinski definition) is 5. The molecule has 1 aromatic heterocycles. The number of nitrogen functional groups attached to an aromatic ring is 1. The Kier molecular flexibility index (Phi) is 7.96. The maximum Gasteiger partial charge on any atom is 0.362 e. The zero-order chi connectivity index (χ0) is 25.1. The Morgan fingerprint density at radius 3 is 2.52 bits per heavy atom. The number of esters is 1. The predicted molar refractivity (Wildman–Crippen MR) is 111 cm³/mol. The van der Waals surface area contributed by atoms with E-state index in [0.717, 1.165) is 18.4 Å². The van der Waals surface area contributed by atoms with Crippen molar-refractivity contribution in [3.8, 4) is 0 Å². The minimum absolute atomic E-state index is 0.0423. The van der Waals surface area contributed by atoms with Gasteiger partial charge in [-0.25, -0.2) is 14.1 Å². The number of β-lactam (4-membered cyclic amide) rings is 1. The minimum atomic E-state index is -4.95. The van der Waals surface area contributed by atoms with Gasteiger partial charge in [-0.15, -0.1) is 11.3 Å². The molecule has 0 spiro atoms. The highest BCUT2D eigenvalue weighted by Gasteiger charge is 2.54. The van der Waals surface area contributed by atoms with E-state index >= 15 is 0 Å². The van der Waals surface area contributed by atoms with Crippen LogP contribution in [0.15, 0.2) is 5.38 Å². The van der Waals surface area contributed by atoms with Crippen molar-refractivity contribution in [2.45, 2.75) is 50.4 Å². The molecule has 33 heavy (non-hydrogen) atoms. The fraction of sp³-hybridized carbons (Fsp3) is 0.562. The summed E-state index contributed by atoms with van der Waals surface area (Å²) in [5.41, 5.74) is 6.16. The number of ether oxygens (including phenoxy) is 1. The highest BCUT2D eigenvalue weighted by molar-refractivity contribution is 7.84. The summed E-state index contributed by atoms with van der Waals surface area (Å²) in [6.45, 7) is 2.43. The van der Waals surface area contributed by atoms with Crippen molar-refractivity contribution in [3.63, 3.8) is 0 Å². The second kappa shape index (κ2) is 9.96. The third kappa shape index (κ3) is 6.14. The zero-order valence-electron chi connectivity index (χ0n) is 17.7. The molecule has 0 aliphatic carbocycles. The van der Waals surface area contributed by atoms with Gasteiger partial charge in [-0.2, -0.15) is 13.9 Å². The maximum absolute atomic E-state index is 12.9. The van der Waals surface area contributed by atoms with Crippen LogP contribution >= 0.6 is 11.3 Å². The largest absolute Gasteiger partial charge is 0.479 e. The summed E-state index contributed by atoms with van der Waals surface area (Å²) >= 11 is 0.983. The Bertz CT molecular complexity index is 1040. The van der Waals surface area contributed by atoms with Gasteiger partial charge >= 0.3 is 22.2 Å². The van der Waals surface area contributed by atoms with E-state index in [1.165, 1.54) is 19.2 Å². The lowest BCUT2D eigenvalue weighted by molar-refractivity contribution is -0.175. The lowest BCUT2D eigenvalue weighted by atomic mass is 9.93. The first-order valence-corrected chi connectivity index (χ1v) is 11.5. The molecule has 15 nitrogen and oxygen atoms in total. The summed E-state index contributed by atoms with van der Waals surface area (Å²) in [6.07, 6.45) is -0.541. The molecular weight excluding hydrogens is 486 g/mol. The van der Waals surface area contributed by atoms with E-state index < -0.39 is 57.8 Å². The Balaban J connectivity index is 2.23. The van der Waals surface area contributed by atoms with Gasteiger partial charge in [-0.3, -0.25) is 23.8 Å². The number of aromatic nitrogens is 1. The summed E-state index contributed by atoms with van der Waals surface area (Å²) < 4.78 is 37.0. The van der Waals surface area contributed by atoms with E-state index in [1.807, 2.05) is 0 Å². The topological polar surface area (TPSA) is 228 Å². The molecule has 0 bridgehead atoms. The number of nitrogens with zero attached hydrogens (tertiary/aromatic N) is 2. The molecule has 2 amide bonds. The number of amides is 2. The molecule has 0 aromatic carbocycles. The first kappa shape index (κ1) is 26.4. The van der Waals surface area contributed by atoms with E-state index in [1.54, 1.807) is 0 Å². The van der Waals surface area contributed by atoms with Crippen molar-refractivity contribution in [2.75, 3.05) is 12.8 Å². The molecule has 2 heterocycles. The molecular formula is C16H23N5O10S2. The van der Waals surface area contributed by atoms with Crippen molar-refractivity contribution in [1.29, 1.82) is 0 Å². The van der Waals surface area contributed by atoms with Crippen LogP contribution in [0.2, 0.25) is 0 Å². The highest BCUT2D eigenvalue weighted by Crippen LogP contribution is 2.28. The molecule has 1 aliphatic heterocycles. The van der Waals surface area contributed by atoms with E-state index in [-0.39, 0.29) is 28.0 Å². The average molecular weight is 510 g/mol. The molecule has 184 valence electrons. The van der Waals surface area contributed by atoms with Crippen LogP contribution in [-0.2, 0) is 39.1 Å². The molecule has 3 atom stereocenters. The second-order valence-corrected chi connectivity index (χ2v) is 9.54. The Hall–Kier alpha value is -2.86. The molecule has 17 heteroatoms. The Morgan fingerprint density at radius 1 is 1.39 bits per heavy atom. The standard InChI is InChI=1S/C16H23N5O10S2/c1-16(2,14(25)26)31-20-10(7-6-32-15(17)18-7)12(23)19-11-8(4-5-9(22)30-3)21(13(11)24)33(27,28)29/h6,8,10-11,20H,4-5H2,1-3H3,(H2,17,18)(H,19,23)(H,25,26)(H,27,28,29)/t8-,10?,11+/m0/s1. The lowest BCUT2D eigenvalue weighted by Crippen LogP contribution is -2.72. The van der Waals surface area contributed by atoms with E-state index in [2.05, 4.69) is 20.5 Å². The van der Waals surface area contributed by atoms with Crippen molar-refractivity contribution in [3.05, 3.63) is 11.1 Å². The number of hydroxylamine groups is 1. The molecule has 1 saturated heterocycles. The van der Waals surface area contributed by atoms with Gasteiger partial charge in [0.25, 0.3) is 5.91 Å². The summed E-state index contributed by atoms with van der Waals surface area (Å²) in [5.74, 6) is -4.11.